The largest absolute Gasteiger partial charge is 0.505 e. The molecule has 5 heteroatoms. The van der Waals surface area contributed by atoms with Gasteiger partial charge in [-0.3, -0.25) is 0 Å². The average molecular weight is 230 g/mol. The van der Waals surface area contributed by atoms with Crippen LogP contribution in [0.15, 0.2) is 12.1 Å². The number of hydrogen-bond donors (Lipinski definition) is 1. The highest BCUT2D eigenvalue weighted by Gasteiger charge is 2.20. The molecule has 0 unspecified atom stereocenters. The van der Waals surface area contributed by atoms with Crippen LogP contribution in [0, 0.1) is 11.6 Å². The SMILES string of the molecule is CC(C)(C)OC(=O)c1cc(O)c(F)c(F)c1. The number of carbonyl (C=O) groups is 1. The highest BCUT2D eigenvalue weighted by molar-refractivity contribution is 5.90. The van der Waals surface area contributed by atoms with Gasteiger partial charge in [0.1, 0.15) is 5.60 Å². The van der Waals surface area contributed by atoms with Crippen LogP contribution in [0.3, 0.4) is 0 Å². The summed E-state index contributed by atoms with van der Waals surface area (Å²) in [5, 5.41) is 9.01. The van der Waals surface area contributed by atoms with Crippen LogP contribution in [0.25, 0.3) is 0 Å². The number of ether oxygens (including phenoxy) is 1. The molecule has 0 fully saturated rings. The van der Waals surface area contributed by atoms with E-state index in [1.54, 1.807) is 20.8 Å². The van der Waals surface area contributed by atoms with Crippen molar-refractivity contribution in [1.29, 1.82) is 0 Å². The van der Waals surface area contributed by atoms with Gasteiger partial charge in [0, 0.05) is 0 Å². The fourth-order valence-electron chi connectivity index (χ4n) is 1.03. The van der Waals surface area contributed by atoms with Gasteiger partial charge in [0.15, 0.2) is 17.4 Å². The summed E-state index contributed by atoms with van der Waals surface area (Å²) in [4.78, 5) is 11.5. The van der Waals surface area contributed by atoms with E-state index in [2.05, 4.69) is 0 Å². The number of aromatic hydroxyl groups is 1. The van der Waals surface area contributed by atoms with Crippen molar-refractivity contribution in [2.24, 2.45) is 0 Å². The van der Waals surface area contributed by atoms with Crippen LogP contribution < -0.4 is 0 Å². The number of benzene rings is 1. The molecule has 1 rings (SSSR count). The molecule has 0 aliphatic rings. The molecular formula is C11H12F2O3. The second-order valence-corrected chi connectivity index (χ2v) is 4.29. The molecule has 0 bridgehead atoms. The molecule has 0 aliphatic carbocycles. The molecule has 0 radical (unpaired) electrons. The number of esters is 1. The molecule has 0 aliphatic heterocycles. The fraction of sp³-hybridized carbons (Fsp3) is 0.364. The Balaban J connectivity index is 3.02. The van der Waals surface area contributed by atoms with Crippen molar-refractivity contribution in [1.82, 2.24) is 0 Å². The number of hydrogen-bond acceptors (Lipinski definition) is 3. The summed E-state index contributed by atoms with van der Waals surface area (Å²) in [7, 11) is 0. The lowest BCUT2D eigenvalue weighted by Gasteiger charge is -2.19. The second kappa shape index (κ2) is 4.08. The van der Waals surface area contributed by atoms with E-state index in [0.717, 1.165) is 6.07 Å². The monoisotopic (exact) mass is 230 g/mol. The quantitative estimate of drug-likeness (QED) is 0.754. The molecule has 1 aromatic carbocycles. The van der Waals surface area contributed by atoms with Crippen molar-refractivity contribution in [3.05, 3.63) is 29.3 Å². The maximum atomic E-state index is 12.9. The molecule has 0 aromatic heterocycles. The predicted octanol–water partition coefficient (Wildman–Crippen LogP) is 2.63. The van der Waals surface area contributed by atoms with Crippen molar-refractivity contribution in [2.75, 3.05) is 0 Å². The van der Waals surface area contributed by atoms with Crippen LogP contribution in [-0.2, 0) is 4.74 Å². The smallest absolute Gasteiger partial charge is 0.338 e. The molecule has 1 aromatic rings. The molecular weight excluding hydrogens is 218 g/mol. The van der Waals surface area contributed by atoms with Crippen LogP contribution in [0.2, 0.25) is 0 Å². The molecule has 88 valence electrons. The van der Waals surface area contributed by atoms with Gasteiger partial charge in [0.2, 0.25) is 0 Å². The third-order valence-corrected chi connectivity index (χ3v) is 1.64. The maximum absolute atomic E-state index is 12.9. The Morgan fingerprint density at radius 3 is 2.31 bits per heavy atom. The van der Waals surface area contributed by atoms with Crippen LogP contribution >= 0.6 is 0 Å². The molecule has 0 spiro atoms. The Morgan fingerprint density at radius 1 is 1.31 bits per heavy atom. The van der Waals surface area contributed by atoms with Gasteiger partial charge >= 0.3 is 5.97 Å². The molecule has 3 nitrogen and oxygen atoms in total. The summed E-state index contributed by atoms with van der Waals surface area (Å²) in [6, 6.07) is 1.51. The lowest BCUT2D eigenvalue weighted by molar-refractivity contribution is 0.00684. The van der Waals surface area contributed by atoms with Crippen LogP contribution in [0.4, 0.5) is 8.78 Å². The molecule has 1 N–H and O–H groups in total. The van der Waals surface area contributed by atoms with E-state index in [1.807, 2.05) is 0 Å². The molecule has 16 heavy (non-hydrogen) atoms. The van der Waals surface area contributed by atoms with E-state index in [-0.39, 0.29) is 5.56 Å². The van der Waals surface area contributed by atoms with Gasteiger partial charge in [-0.05, 0) is 32.9 Å². The van der Waals surface area contributed by atoms with Gasteiger partial charge in [-0.1, -0.05) is 0 Å². The number of phenolic OH excluding ortho intramolecular Hbond substituents is 1. The first-order valence-electron chi connectivity index (χ1n) is 4.62. The molecule has 0 atom stereocenters. The van der Waals surface area contributed by atoms with Crippen LogP contribution in [0.1, 0.15) is 31.1 Å². The Morgan fingerprint density at radius 2 is 1.88 bits per heavy atom. The Hall–Kier alpha value is -1.65. The lowest BCUT2D eigenvalue weighted by atomic mass is 10.1. The van der Waals surface area contributed by atoms with Crippen LogP contribution in [-0.4, -0.2) is 16.7 Å². The van der Waals surface area contributed by atoms with Crippen molar-refractivity contribution in [3.63, 3.8) is 0 Å². The average Bonchev–Trinajstić information content (AvgIpc) is 2.10. The Bertz CT molecular complexity index is 399. The lowest BCUT2D eigenvalue weighted by Crippen LogP contribution is -2.24. The third-order valence-electron chi connectivity index (χ3n) is 1.64. The van der Waals surface area contributed by atoms with Gasteiger partial charge < -0.3 is 9.84 Å². The van der Waals surface area contributed by atoms with Gasteiger partial charge in [0.25, 0.3) is 0 Å². The zero-order valence-corrected chi connectivity index (χ0v) is 9.17. The fourth-order valence-corrected chi connectivity index (χ4v) is 1.03. The maximum Gasteiger partial charge on any atom is 0.338 e. The first-order valence-corrected chi connectivity index (χ1v) is 4.62. The second-order valence-electron chi connectivity index (χ2n) is 4.29. The van der Waals surface area contributed by atoms with E-state index in [1.165, 1.54) is 0 Å². The Kier molecular flexibility index (Phi) is 3.16. The van der Waals surface area contributed by atoms with Gasteiger partial charge in [-0.2, -0.15) is 4.39 Å². The van der Waals surface area contributed by atoms with Gasteiger partial charge in [-0.15, -0.1) is 0 Å². The molecule has 0 heterocycles. The summed E-state index contributed by atoms with van der Waals surface area (Å²) < 4.78 is 30.6. The first-order chi connectivity index (χ1) is 7.20. The highest BCUT2D eigenvalue weighted by atomic mass is 19.2. The van der Waals surface area contributed by atoms with Gasteiger partial charge in [-0.25, -0.2) is 9.18 Å². The third kappa shape index (κ3) is 2.92. The Labute approximate surface area is 91.7 Å². The summed E-state index contributed by atoms with van der Waals surface area (Å²) in [5.74, 6) is -4.41. The molecule has 0 amide bonds. The van der Waals surface area contributed by atoms with Gasteiger partial charge in [0.05, 0.1) is 5.56 Å². The summed E-state index contributed by atoms with van der Waals surface area (Å²) in [6.07, 6.45) is 0. The zero-order chi connectivity index (χ0) is 12.5. The van der Waals surface area contributed by atoms with Crippen molar-refractivity contribution in [2.45, 2.75) is 26.4 Å². The summed E-state index contributed by atoms with van der Waals surface area (Å²) in [6.45, 7) is 4.93. The normalized spacial score (nSPS) is 11.3. The highest BCUT2D eigenvalue weighted by Crippen LogP contribution is 2.22. The van der Waals surface area contributed by atoms with E-state index in [0.29, 0.717) is 6.07 Å². The van der Waals surface area contributed by atoms with E-state index in [4.69, 9.17) is 9.84 Å². The zero-order valence-electron chi connectivity index (χ0n) is 9.17. The van der Waals surface area contributed by atoms with E-state index >= 15 is 0 Å². The van der Waals surface area contributed by atoms with E-state index in [9.17, 15) is 13.6 Å². The molecule has 0 saturated carbocycles. The number of halogens is 2. The first kappa shape index (κ1) is 12.4. The number of rotatable bonds is 1. The molecule has 0 saturated heterocycles. The summed E-state index contributed by atoms with van der Waals surface area (Å²) in [5.41, 5.74) is -0.969. The summed E-state index contributed by atoms with van der Waals surface area (Å²) >= 11 is 0. The number of carbonyl (C=O) groups excluding carboxylic acids is 1. The van der Waals surface area contributed by atoms with Crippen LogP contribution in [0.5, 0.6) is 5.75 Å². The standard InChI is InChI=1S/C11H12F2O3/c1-11(2,3)16-10(15)6-4-7(12)9(13)8(14)5-6/h4-5,14H,1-3H3. The number of phenols is 1. The topological polar surface area (TPSA) is 46.5 Å². The van der Waals surface area contributed by atoms with Crippen molar-refractivity contribution < 1.29 is 23.4 Å². The van der Waals surface area contributed by atoms with Crippen molar-refractivity contribution in [3.8, 4) is 5.75 Å². The predicted molar refractivity (Wildman–Crippen MR) is 53.2 cm³/mol. The van der Waals surface area contributed by atoms with E-state index < -0.39 is 29.0 Å². The minimum Gasteiger partial charge on any atom is -0.505 e. The minimum atomic E-state index is -1.38. The van der Waals surface area contributed by atoms with Crippen molar-refractivity contribution >= 4 is 5.97 Å². The minimum absolute atomic E-state index is 0.230.